The van der Waals surface area contributed by atoms with Gasteiger partial charge in [0, 0.05) is 12.0 Å². The summed E-state index contributed by atoms with van der Waals surface area (Å²) in [6.07, 6.45) is 4.48. The normalized spacial score (nSPS) is 11.8. The van der Waals surface area contributed by atoms with E-state index in [1.165, 1.54) is 0 Å². The van der Waals surface area contributed by atoms with Gasteiger partial charge < -0.3 is 20.5 Å². The molecule has 0 fully saturated rings. The number of pyridine rings is 1. The summed E-state index contributed by atoms with van der Waals surface area (Å²) in [4.78, 5) is 16.6. The predicted molar refractivity (Wildman–Crippen MR) is 116 cm³/mol. The van der Waals surface area contributed by atoms with E-state index in [2.05, 4.69) is 10.3 Å². The number of nitrogens with one attached hydrogen (secondary N) is 1. The first kappa shape index (κ1) is 24.0. The maximum Gasteiger partial charge on any atom is 0.225 e. The first-order chi connectivity index (χ1) is 12.8. The molecule has 154 valence electrons. The van der Waals surface area contributed by atoms with Crippen molar-refractivity contribution in [3.8, 4) is 22.8 Å². The number of halogens is 2. The maximum atomic E-state index is 12.1. The van der Waals surface area contributed by atoms with Crippen molar-refractivity contribution < 1.29 is 14.3 Å². The van der Waals surface area contributed by atoms with Gasteiger partial charge in [0.1, 0.15) is 19.0 Å². The smallest absolute Gasteiger partial charge is 0.225 e. The number of unbranched alkanes of at least 4 members (excludes halogenated alkanes) is 3. The van der Waals surface area contributed by atoms with Crippen LogP contribution in [0.1, 0.15) is 32.1 Å². The fourth-order valence-electron chi connectivity index (χ4n) is 2.86. The molecule has 3 N–H and O–H groups in total. The van der Waals surface area contributed by atoms with E-state index < -0.39 is 0 Å². The van der Waals surface area contributed by atoms with Gasteiger partial charge in [-0.15, -0.1) is 24.8 Å². The van der Waals surface area contributed by atoms with E-state index in [1.54, 1.807) is 6.07 Å². The third-order valence-corrected chi connectivity index (χ3v) is 4.21. The molecule has 28 heavy (non-hydrogen) atoms. The summed E-state index contributed by atoms with van der Waals surface area (Å²) in [5.41, 5.74) is 7.17. The van der Waals surface area contributed by atoms with Crippen LogP contribution in [0.2, 0.25) is 0 Å². The van der Waals surface area contributed by atoms with Crippen LogP contribution in [0.25, 0.3) is 11.3 Å². The van der Waals surface area contributed by atoms with Crippen molar-refractivity contribution in [2.75, 3.05) is 25.1 Å². The molecule has 8 heteroatoms. The fraction of sp³-hybridized carbons (Fsp3) is 0.400. The summed E-state index contributed by atoms with van der Waals surface area (Å²) >= 11 is 0. The number of hydrogen-bond donors (Lipinski definition) is 2. The maximum absolute atomic E-state index is 12.1. The van der Waals surface area contributed by atoms with E-state index in [1.807, 2.05) is 30.3 Å². The van der Waals surface area contributed by atoms with Crippen molar-refractivity contribution >= 4 is 36.5 Å². The highest BCUT2D eigenvalue weighted by atomic mass is 35.5. The van der Waals surface area contributed by atoms with Crippen LogP contribution in [0.4, 0.5) is 5.82 Å². The molecule has 0 saturated carbocycles. The molecular weight excluding hydrogens is 401 g/mol. The molecule has 1 aliphatic heterocycles. The number of nitrogens with two attached hydrogens (primary N) is 1. The van der Waals surface area contributed by atoms with Gasteiger partial charge >= 0.3 is 0 Å². The van der Waals surface area contributed by atoms with Gasteiger partial charge in [0.05, 0.1) is 5.69 Å². The number of carbonyl (C=O) groups excluding carboxylic acids is 1. The van der Waals surface area contributed by atoms with Gasteiger partial charge in [0.15, 0.2) is 11.5 Å². The minimum atomic E-state index is -0.00965. The zero-order chi connectivity index (χ0) is 18.2. The highest BCUT2D eigenvalue weighted by Crippen LogP contribution is 2.34. The molecule has 2 aromatic rings. The second kappa shape index (κ2) is 12.4. The second-order valence-corrected chi connectivity index (χ2v) is 6.27. The Bertz CT molecular complexity index is 759. The first-order valence-electron chi connectivity index (χ1n) is 9.13. The topological polar surface area (TPSA) is 86.5 Å². The Balaban J connectivity index is 0.00000196. The van der Waals surface area contributed by atoms with Crippen molar-refractivity contribution in [2.24, 2.45) is 5.73 Å². The molecule has 1 amide bonds. The van der Waals surface area contributed by atoms with Gasteiger partial charge in [-0.05, 0) is 49.7 Å². The molecule has 0 aliphatic carbocycles. The number of benzene rings is 1. The second-order valence-electron chi connectivity index (χ2n) is 6.27. The molecule has 0 saturated heterocycles. The molecular formula is C20H27Cl2N3O3. The Morgan fingerprint density at radius 3 is 2.54 bits per heavy atom. The molecule has 0 radical (unpaired) electrons. The Morgan fingerprint density at radius 1 is 1.00 bits per heavy atom. The molecule has 2 heterocycles. The molecule has 0 unspecified atom stereocenters. The number of fused-ring (bicyclic) bond motifs is 1. The predicted octanol–water partition coefficient (Wildman–Crippen LogP) is 4.21. The van der Waals surface area contributed by atoms with E-state index in [0.29, 0.717) is 32.0 Å². The quantitative estimate of drug-likeness (QED) is 0.615. The molecule has 1 aromatic carbocycles. The van der Waals surface area contributed by atoms with Crippen molar-refractivity contribution in [1.29, 1.82) is 0 Å². The Kier molecular flexibility index (Phi) is 10.7. The lowest BCUT2D eigenvalue weighted by Crippen LogP contribution is -2.15. The van der Waals surface area contributed by atoms with Crippen LogP contribution in [0.15, 0.2) is 36.4 Å². The molecule has 1 aromatic heterocycles. The molecule has 0 atom stereocenters. The van der Waals surface area contributed by atoms with Crippen LogP contribution in [-0.2, 0) is 4.79 Å². The SMILES string of the molecule is Cl.Cl.NCCCCCCC(=O)Nc1cccc(-c2ccc3c(c2)OCCO3)n1. The van der Waals surface area contributed by atoms with E-state index in [-0.39, 0.29) is 30.7 Å². The Labute approximate surface area is 178 Å². The van der Waals surface area contributed by atoms with Gasteiger partial charge in [-0.25, -0.2) is 4.98 Å². The lowest BCUT2D eigenvalue weighted by molar-refractivity contribution is -0.116. The van der Waals surface area contributed by atoms with E-state index in [4.69, 9.17) is 15.2 Å². The molecule has 3 rings (SSSR count). The Hall–Kier alpha value is -2.02. The number of hydrogen-bond acceptors (Lipinski definition) is 5. The van der Waals surface area contributed by atoms with Crippen molar-refractivity contribution in [3.63, 3.8) is 0 Å². The zero-order valence-electron chi connectivity index (χ0n) is 15.7. The summed E-state index contributed by atoms with van der Waals surface area (Å²) < 4.78 is 11.2. The average Bonchev–Trinajstić information content (AvgIpc) is 2.67. The number of carbonyl (C=O) groups is 1. The van der Waals surface area contributed by atoms with Crippen LogP contribution >= 0.6 is 24.8 Å². The van der Waals surface area contributed by atoms with Crippen LogP contribution in [0, 0.1) is 0 Å². The molecule has 6 nitrogen and oxygen atoms in total. The number of anilines is 1. The van der Waals surface area contributed by atoms with Gasteiger partial charge in [-0.2, -0.15) is 0 Å². The van der Waals surface area contributed by atoms with Gasteiger partial charge in [-0.3, -0.25) is 4.79 Å². The monoisotopic (exact) mass is 427 g/mol. The minimum absolute atomic E-state index is 0. The van der Waals surface area contributed by atoms with Crippen molar-refractivity contribution in [3.05, 3.63) is 36.4 Å². The number of amides is 1. The fourth-order valence-corrected chi connectivity index (χ4v) is 2.86. The zero-order valence-corrected chi connectivity index (χ0v) is 17.3. The standard InChI is InChI=1S/C20H25N3O3.2ClH/c21-11-4-2-1-3-8-20(24)23-19-7-5-6-16(22-19)15-9-10-17-18(14-15)26-13-12-25-17;;/h5-7,9-10,14H,1-4,8,11-13,21H2,(H,22,23,24);2*1H. The average molecular weight is 428 g/mol. The van der Waals surface area contributed by atoms with Gasteiger partial charge in [0.2, 0.25) is 5.91 Å². The van der Waals surface area contributed by atoms with Gasteiger partial charge in [-0.1, -0.05) is 18.9 Å². The first-order valence-corrected chi connectivity index (χ1v) is 9.13. The third kappa shape index (κ3) is 6.86. The van der Waals surface area contributed by atoms with Crippen LogP contribution in [-0.4, -0.2) is 30.6 Å². The molecule has 0 bridgehead atoms. The lowest BCUT2D eigenvalue weighted by Gasteiger charge is -2.18. The number of nitrogens with zero attached hydrogens (tertiary/aromatic N) is 1. The summed E-state index contributed by atoms with van der Waals surface area (Å²) in [7, 11) is 0. The summed E-state index contributed by atoms with van der Waals surface area (Å²) in [6, 6.07) is 11.3. The summed E-state index contributed by atoms with van der Waals surface area (Å²) in [5, 5.41) is 2.87. The minimum Gasteiger partial charge on any atom is -0.486 e. The van der Waals surface area contributed by atoms with E-state index >= 15 is 0 Å². The number of aromatic nitrogens is 1. The van der Waals surface area contributed by atoms with Crippen molar-refractivity contribution in [1.82, 2.24) is 4.98 Å². The van der Waals surface area contributed by atoms with Crippen LogP contribution < -0.4 is 20.5 Å². The summed E-state index contributed by atoms with van der Waals surface area (Å²) in [5.74, 6) is 2.02. The summed E-state index contributed by atoms with van der Waals surface area (Å²) in [6.45, 7) is 1.83. The lowest BCUT2D eigenvalue weighted by atomic mass is 10.1. The van der Waals surface area contributed by atoms with Crippen molar-refractivity contribution in [2.45, 2.75) is 32.1 Å². The van der Waals surface area contributed by atoms with Crippen LogP contribution in [0.5, 0.6) is 11.5 Å². The number of ether oxygens (including phenoxy) is 2. The molecule has 0 spiro atoms. The van der Waals surface area contributed by atoms with E-state index in [9.17, 15) is 4.79 Å². The van der Waals surface area contributed by atoms with Crippen LogP contribution in [0.3, 0.4) is 0 Å². The highest BCUT2D eigenvalue weighted by molar-refractivity contribution is 5.90. The largest absolute Gasteiger partial charge is 0.486 e. The highest BCUT2D eigenvalue weighted by Gasteiger charge is 2.13. The third-order valence-electron chi connectivity index (χ3n) is 4.21. The number of rotatable bonds is 8. The van der Waals surface area contributed by atoms with Gasteiger partial charge in [0.25, 0.3) is 0 Å². The van der Waals surface area contributed by atoms with E-state index in [0.717, 1.165) is 48.4 Å². The molecule has 1 aliphatic rings. The Morgan fingerprint density at radius 2 is 1.75 bits per heavy atom.